The molecule has 0 saturated heterocycles. The average Bonchev–Trinajstić information content (AvgIpc) is 2.45. The minimum absolute atomic E-state index is 0.0125. The molecule has 0 saturated carbocycles. The predicted octanol–water partition coefficient (Wildman–Crippen LogP) is 3.87. The van der Waals surface area contributed by atoms with E-state index in [1.165, 1.54) is 5.56 Å². The van der Waals surface area contributed by atoms with Crippen molar-refractivity contribution >= 4 is 34.2 Å². The molecule has 2 aromatic rings. The van der Waals surface area contributed by atoms with Gasteiger partial charge in [0.05, 0.1) is 0 Å². The highest BCUT2D eigenvalue weighted by molar-refractivity contribution is 14.1. The summed E-state index contributed by atoms with van der Waals surface area (Å²) in [6, 6.07) is 15.4. The summed E-state index contributed by atoms with van der Waals surface area (Å²) in [7, 11) is 0. The number of carbonyl (C=O) groups excluding carboxylic acids is 1. The fourth-order valence-electron chi connectivity index (χ4n) is 1.77. The number of ether oxygens (including phenoxy) is 1. The van der Waals surface area contributed by atoms with Crippen molar-refractivity contribution < 1.29 is 9.53 Å². The van der Waals surface area contributed by atoms with E-state index in [2.05, 4.69) is 34.8 Å². The zero-order valence-corrected chi connectivity index (χ0v) is 13.4. The molecular formula is C16H16INO2. The second-order valence-corrected chi connectivity index (χ2v) is 5.59. The van der Waals surface area contributed by atoms with Crippen LogP contribution in [0.25, 0.3) is 0 Å². The van der Waals surface area contributed by atoms with E-state index in [-0.39, 0.29) is 12.5 Å². The summed E-state index contributed by atoms with van der Waals surface area (Å²) in [5.41, 5.74) is 1.98. The number of benzene rings is 2. The largest absolute Gasteiger partial charge is 0.484 e. The third-order valence-electron chi connectivity index (χ3n) is 2.78. The number of rotatable bonds is 5. The number of nitrogens with one attached hydrogen (secondary N) is 1. The number of hydrogen-bond donors (Lipinski definition) is 1. The van der Waals surface area contributed by atoms with Gasteiger partial charge in [0.1, 0.15) is 5.75 Å². The van der Waals surface area contributed by atoms with E-state index in [0.29, 0.717) is 0 Å². The van der Waals surface area contributed by atoms with Crippen LogP contribution in [0.2, 0.25) is 0 Å². The molecular weight excluding hydrogens is 365 g/mol. The summed E-state index contributed by atoms with van der Waals surface area (Å²) < 4.78 is 6.58. The van der Waals surface area contributed by atoms with Gasteiger partial charge in [-0.15, -0.1) is 0 Å². The number of aryl methyl sites for hydroxylation is 1. The molecule has 0 atom stereocenters. The number of carbonyl (C=O) groups is 1. The molecule has 0 spiro atoms. The maximum Gasteiger partial charge on any atom is 0.262 e. The Morgan fingerprint density at radius 2 is 2.00 bits per heavy atom. The lowest BCUT2D eigenvalue weighted by molar-refractivity contribution is -0.118. The number of halogens is 1. The van der Waals surface area contributed by atoms with Gasteiger partial charge < -0.3 is 10.1 Å². The number of amides is 1. The third-order valence-corrected chi connectivity index (χ3v) is 3.46. The zero-order chi connectivity index (χ0) is 14.4. The summed E-state index contributed by atoms with van der Waals surface area (Å²) in [5, 5.41) is 2.81. The van der Waals surface area contributed by atoms with Crippen molar-refractivity contribution in [1.29, 1.82) is 0 Å². The SMILES string of the molecule is CCc1cccc(OCC(=O)Nc2cccc(I)c2)c1. The smallest absolute Gasteiger partial charge is 0.262 e. The molecule has 3 nitrogen and oxygen atoms in total. The van der Waals surface area contributed by atoms with Crippen LogP contribution in [-0.4, -0.2) is 12.5 Å². The highest BCUT2D eigenvalue weighted by Gasteiger charge is 2.04. The second-order valence-electron chi connectivity index (χ2n) is 4.35. The highest BCUT2D eigenvalue weighted by atomic mass is 127. The first-order chi connectivity index (χ1) is 9.67. The van der Waals surface area contributed by atoms with Gasteiger partial charge in [-0.05, 0) is 64.9 Å². The lowest BCUT2D eigenvalue weighted by Gasteiger charge is -2.08. The summed E-state index contributed by atoms with van der Waals surface area (Å²) in [5.74, 6) is 0.566. The molecule has 1 N–H and O–H groups in total. The van der Waals surface area contributed by atoms with E-state index in [1.54, 1.807) is 0 Å². The maximum atomic E-state index is 11.8. The van der Waals surface area contributed by atoms with Crippen molar-refractivity contribution in [3.05, 3.63) is 57.7 Å². The standard InChI is InChI=1S/C16H16INO2/c1-2-12-5-3-8-15(9-12)20-11-16(19)18-14-7-4-6-13(17)10-14/h3-10H,2,11H2,1H3,(H,18,19). The van der Waals surface area contributed by atoms with Gasteiger partial charge in [-0.25, -0.2) is 0 Å². The van der Waals surface area contributed by atoms with E-state index >= 15 is 0 Å². The van der Waals surface area contributed by atoms with Gasteiger partial charge in [0.2, 0.25) is 0 Å². The van der Waals surface area contributed by atoms with Crippen LogP contribution >= 0.6 is 22.6 Å². The van der Waals surface area contributed by atoms with Crippen LogP contribution in [0.3, 0.4) is 0 Å². The molecule has 0 bridgehead atoms. The lowest BCUT2D eigenvalue weighted by Crippen LogP contribution is -2.20. The first-order valence-corrected chi connectivity index (χ1v) is 7.52. The Kier molecular flexibility index (Phi) is 5.40. The van der Waals surface area contributed by atoms with Crippen LogP contribution in [0, 0.1) is 3.57 Å². The molecule has 0 aliphatic heterocycles. The third kappa shape index (κ3) is 4.52. The van der Waals surface area contributed by atoms with E-state index in [0.717, 1.165) is 21.4 Å². The second kappa shape index (κ2) is 7.28. The summed E-state index contributed by atoms with van der Waals surface area (Å²) in [4.78, 5) is 11.8. The van der Waals surface area contributed by atoms with E-state index < -0.39 is 0 Å². The molecule has 0 fully saturated rings. The number of anilines is 1. The summed E-state index contributed by atoms with van der Waals surface area (Å²) >= 11 is 2.21. The first-order valence-electron chi connectivity index (χ1n) is 6.44. The van der Waals surface area contributed by atoms with Gasteiger partial charge in [-0.1, -0.05) is 25.1 Å². The van der Waals surface area contributed by atoms with Crippen molar-refractivity contribution in [3.8, 4) is 5.75 Å². The van der Waals surface area contributed by atoms with Gasteiger partial charge in [-0.3, -0.25) is 4.79 Å². The molecule has 0 heterocycles. The quantitative estimate of drug-likeness (QED) is 0.799. The molecule has 4 heteroatoms. The van der Waals surface area contributed by atoms with Crippen molar-refractivity contribution in [2.45, 2.75) is 13.3 Å². The van der Waals surface area contributed by atoms with Crippen molar-refractivity contribution in [2.75, 3.05) is 11.9 Å². The zero-order valence-electron chi connectivity index (χ0n) is 11.2. The highest BCUT2D eigenvalue weighted by Crippen LogP contribution is 2.14. The summed E-state index contributed by atoms with van der Waals surface area (Å²) in [6.07, 6.45) is 0.950. The average molecular weight is 381 g/mol. The van der Waals surface area contributed by atoms with Crippen molar-refractivity contribution in [1.82, 2.24) is 0 Å². The molecule has 2 rings (SSSR count). The van der Waals surface area contributed by atoms with Crippen LogP contribution < -0.4 is 10.1 Å². The fraction of sp³-hybridized carbons (Fsp3) is 0.188. The van der Waals surface area contributed by atoms with E-state index in [1.807, 2.05) is 48.5 Å². The van der Waals surface area contributed by atoms with Crippen molar-refractivity contribution in [2.24, 2.45) is 0 Å². The van der Waals surface area contributed by atoms with Crippen LogP contribution in [0.5, 0.6) is 5.75 Å². The Balaban J connectivity index is 1.88. The predicted molar refractivity (Wildman–Crippen MR) is 89.1 cm³/mol. The molecule has 20 heavy (non-hydrogen) atoms. The Labute approximate surface area is 132 Å². The van der Waals surface area contributed by atoms with Gasteiger partial charge in [0, 0.05) is 9.26 Å². The Bertz CT molecular complexity index is 599. The van der Waals surface area contributed by atoms with Crippen LogP contribution in [-0.2, 0) is 11.2 Å². The Morgan fingerprint density at radius 1 is 1.20 bits per heavy atom. The Hall–Kier alpha value is -1.56. The monoisotopic (exact) mass is 381 g/mol. The molecule has 0 aromatic heterocycles. The maximum absolute atomic E-state index is 11.8. The molecule has 104 valence electrons. The molecule has 2 aromatic carbocycles. The van der Waals surface area contributed by atoms with E-state index in [4.69, 9.17) is 4.74 Å². The Morgan fingerprint density at radius 3 is 2.75 bits per heavy atom. The molecule has 1 amide bonds. The van der Waals surface area contributed by atoms with Gasteiger partial charge in [-0.2, -0.15) is 0 Å². The van der Waals surface area contributed by atoms with E-state index in [9.17, 15) is 4.79 Å². The van der Waals surface area contributed by atoms with Crippen molar-refractivity contribution in [3.63, 3.8) is 0 Å². The lowest BCUT2D eigenvalue weighted by atomic mass is 10.2. The molecule has 0 aliphatic carbocycles. The molecule has 0 aliphatic rings. The van der Waals surface area contributed by atoms with Gasteiger partial charge >= 0.3 is 0 Å². The minimum atomic E-state index is -0.158. The molecule has 0 radical (unpaired) electrons. The van der Waals surface area contributed by atoms with Crippen LogP contribution in [0.1, 0.15) is 12.5 Å². The van der Waals surface area contributed by atoms with Gasteiger partial charge in [0.25, 0.3) is 5.91 Å². The normalized spacial score (nSPS) is 10.1. The van der Waals surface area contributed by atoms with Gasteiger partial charge in [0.15, 0.2) is 6.61 Å². The van der Waals surface area contributed by atoms with Crippen LogP contribution in [0.4, 0.5) is 5.69 Å². The fourth-order valence-corrected chi connectivity index (χ4v) is 2.31. The number of hydrogen-bond acceptors (Lipinski definition) is 2. The van der Waals surface area contributed by atoms with Crippen LogP contribution in [0.15, 0.2) is 48.5 Å². The topological polar surface area (TPSA) is 38.3 Å². The minimum Gasteiger partial charge on any atom is -0.484 e. The summed E-state index contributed by atoms with van der Waals surface area (Å²) in [6.45, 7) is 2.10. The molecule has 0 unspecified atom stereocenters. The first kappa shape index (κ1) is 14.8.